The molecule has 0 atom stereocenters. The van der Waals surface area contributed by atoms with Crippen molar-refractivity contribution in [2.45, 2.75) is 19.8 Å². The second kappa shape index (κ2) is 3.32. The van der Waals surface area contributed by atoms with Crippen LogP contribution in [0.2, 0.25) is 0 Å². The molecule has 0 radical (unpaired) electrons. The highest BCUT2D eigenvalue weighted by Crippen LogP contribution is 2.35. The largest absolute Gasteiger partial charge is 0.508 e. The maximum atomic E-state index is 13.3. The third-order valence-electron chi connectivity index (χ3n) is 1.98. The zero-order valence-electron chi connectivity index (χ0n) is 7.59. The molecule has 0 amide bonds. The molecule has 0 heterocycles. The molecule has 1 nitrogen and oxygen atoms in total. The minimum absolute atomic E-state index is 0.00306. The first kappa shape index (κ1) is 9.96. The van der Waals surface area contributed by atoms with Crippen LogP contribution in [0.1, 0.15) is 19.4 Å². The summed E-state index contributed by atoms with van der Waals surface area (Å²) >= 11 is 0. The fourth-order valence-electron chi connectivity index (χ4n) is 1.02. The van der Waals surface area contributed by atoms with Crippen molar-refractivity contribution in [1.29, 1.82) is 0 Å². The SMILES string of the molecule is CC(C)C(F)(F)c1ccc(O)cc1. The van der Waals surface area contributed by atoms with E-state index in [4.69, 9.17) is 5.11 Å². The lowest BCUT2D eigenvalue weighted by Gasteiger charge is -2.20. The lowest BCUT2D eigenvalue weighted by molar-refractivity contribution is -0.0514. The van der Waals surface area contributed by atoms with E-state index in [0.29, 0.717) is 0 Å². The predicted molar refractivity (Wildman–Crippen MR) is 46.8 cm³/mol. The van der Waals surface area contributed by atoms with E-state index >= 15 is 0 Å². The molecule has 1 N–H and O–H groups in total. The normalized spacial score (nSPS) is 12.1. The van der Waals surface area contributed by atoms with Gasteiger partial charge in [0.15, 0.2) is 0 Å². The zero-order chi connectivity index (χ0) is 10.1. The summed E-state index contributed by atoms with van der Waals surface area (Å²) in [5.74, 6) is -3.56. The summed E-state index contributed by atoms with van der Waals surface area (Å²) < 4.78 is 26.7. The summed E-state index contributed by atoms with van der Waals surface area (Å²) in [6, 6.07) is 5.03. The van der Waals surface area contributed by atoms with E-state index in [-0.39, 0.29) is 11.3 Å². The van der Waals surface area contributed by atoms with Crippen LogP contribution in [-0.2, 0) is 5.92 Å². The summed E-state index contributed by atoms with van der Waals surface area (Å²) in [4.78, 5) is 0. The van der Waals surface area contributed by atoms with E-state index in [1.165, 1.54) is 38.1 Å². The van der Waals surface area contributed by atoms with Crippen LogP contribution in [0.25, 0.3) is 0 Å². The molecular formula is C10H12F2O. The molecular weight excluding hydrogens is 174 g/mol. The van der Waals surface area contributed by atoms with Crippen LogP contribution in [0.15, 0.2) is 24.3 Å². The second-order valence-corrected chi connectivity index (χ2v) is 3.32. The Kier molecular flexibility index (Phi) is 2.55. The maximum absolute atomic E-state index is 13.3. The summed E-state index contributed by atoms with van der Waals surface area (Å²) in [6.45, 7) is 2.93. The molecule has 72 valence electrons. The third-order valence-corrected chi connectivity index (χ3v) is 1.98. The highest BCUT2D eigenvalue weighted by Gasteiger charge is 2.35. The third kappa shape index (κ3) is 1.97. The van der Waals surface area contributed by atoms with Gasteiger partial charge in [0.1, 0.15) is 5.75 Å². The summed E-state index contributed by atoms with van der Waals surface area (Å²) in [5.41, 5.74) is -0.0553. The van der Waals surface area contributed by atoms with Crippen LogP contribution in [-0.4, -0.2) is 5.11 Å². The van der Waals surface area contributed by atoms with Crippen molar-refractivity contribution in [1.82, 2.24) is 0 Å². The molecule has 0 aliphatic heterocycles. The van der Waals surface area contributed by atoms with E-state index in [9.17, 15) is 8.78 Å². The Balaban J connectivity index is 3.01. The molecule has 0 aliphatic carbocycles. The van der Waals surface area contributed by atoms with Crippen LogP contribution >= 0.6 is 0 Å². The van der Waals surface area contributed by atoms with Gasteiger partial charge in [-0.15, -0.1) is 0 Å². The van der Waals surface area contributed by atoms with Crippen molar-refractivity contribution >= 4 is 0 Å². The zero-order valence-corrected chi connectivity index (χ0v) is 7.59. The number of hydrogen-bond acceptors (Lipinski definition) is 1. The minimum Gasteiger partial charge on any atom is -0.508 e. The van der Waals surface area contributed by atoms with Gasteiger partial charge in [-0.25, -0.2) is 8.78 Å². The Morgan fingerprint density at radius 3 is 2.00 bits per heavy atom. The van der Waals surface area contributed by atoms with E-state index in [2.05, 4.69) is 0 Å². The van der Waals surface area contributed by atoms with Gasteiger partial charge in [0.2, 0.25) is 0 Å². The fraction of sp³-hybridized carbons (Fsp3) is 0.400. The standard InChI is InChI=1S/C10H12F2O/c1-7(2)10(11,12)8-3-5-9(13)6-4-8/h3-7,13H,1-2H3. The van der Waals surface area contributed by atoms with Gasteiger partial charge < -0.3 is 5.11 Å². The second-order valence-electron chi connectivity index (χ2n) is 3.32. The fourth-order valence-corrected chi connectivity index (χ4v) is 1.02. The number of phenolic OH excluding ortho intramolecular Hbond substituents is 1. The molecule has 0 bridgehead atoms. The van der Waals surface area contributed by atoms with E-state index in [1.54, 1.807) is 0 Å². The highest BCUT2D eigenvalue weighted by molar-refractivity contribution is 5.28. The molecule has 1 aromatic carbocycles. The smallest absolute Gasteiger partial charge is 0.275 e. The maximum Gasteiger partial charge on any atom is 0.275 e. The Morgan fingerprint density at radius 1 is 1.15 bits per heavy atom. The average molecular weight is 186 g/mol. The Labute approximate surface area is 76.0 Å². The van der Waals surface area contributed by atoms with Gasteiger partial charge in [-0.05, 0) is 24.3 Å². The number of phenols is 1. The molecule has 0 aromatic heterocycles. The topological polar surface area (TPSA) is 20.2 Å². The van der Waals surface area contributed by atoms with Crippen molar-refractivity contribution in [3.05, 3.63) is 29.8 Å². The first-order valence-corrected chi connectivity index (χ1v) is 4.12. The van der Waals surface area contributed by atoms with Crippen molar-refractivity contribution in [3.8, 4) is 5.75 Å². The number of rotatable bonds is 2. The van der Waals surface area contributed by atoms with Crippen LogP contribution in [0.4, 0.5) is 8.78 Å². The predicted octanol–water partition coefficient (Wildman–Crippen LogP) is 3.14. The van der Waals surface area contributed by atoms with Gasteiger partial charge >= 0.3 is 0 Å². The molecule has 13 heavy (non-hydrogen) atoms. The van der Waals surface area contributed by atoms with Crippen LogP contribution in [0.5, 0.6) is 5.75 Å². The monoisotopic (exact) mass is 186 g/mol. The highest BCUT2D eigenvalue weighted by atomic mass is 19.3. The Hall–Kier alpha value is -1.12. The van der Waals surface area contributed by atoms with E-state index in [0.717, 1.165) is 0 Å². The summed E-state index contributed by atoms with van der Waals surface area (Å²) in [6.07, 6.45) is 0. The van der Waals surface area contributed by atoms with Gasteiger partial charge in [0, 0.05) is 11.5 Å². The minimum atomic E-state index is -2.83. The van der Waals surface area contributed by atoms with Gasteiger partial charge in [-0.1, -0.05) is 13.8 Å². The lowest BCUT2D eigenvalue weighted by Crippen LogP contribution is -2.20. The van der Waals surface area contributed by atoms with Crippen molar-refractivity contribution in [2.75, 3.05) is 0 Å². The number of alkyl halides is 2. The molecule has 0 unspecified atom stereocenters. The molecule has 0 saturated heterocycles. The summed E-state index contributed by atoms with van der Waals surface area (Å²) in [7, 11) is 0. The Morgan fingerprint density at radius 2 is 1.62 bits per heavy atom. The molecule has 1 rings (SSSR count). The van der Waals surface area contributed by atoms with Crippen molar-refractivity contribution < 1.29 is 13.9 Å². The molecule has 0 aliphatic rings. The van der Waals surface area contributed by atoms with Crippen molar-refractivity contribution in [3.63, 3.8) is 0 Å². The van der Waals surface area contributed by atoms with Crippen molar-refractivity contribution in [2.24, 2.45) is 5.92 Å². The quantitative estimate of drug-likeness (QED) is 0.752. The number of halogens is 2. The van der Waals surface area contributed by atoms with Gasteiger partial charge in [0.05, 0.1) is 0 Å². The lowest BCUT2D eigenvalue weighted by atomic mass is 9.98. The molecule has 0 saturated carbocycles. The molecule has 0 spiro atoms. The summed E-state index contributed by atoms with van der Waals surface area (Å²) in [5, 5.41) is 8.92. The van der Waals surface area contributed by atoms with Gasteiger partial charge in [-0.2, -0.15) is 0 Å². The van der Waals surface area contributed by atoms with Gasteiger partial charge in [0.25, 0.3) is 5.92 Å². The van der Waals surface area contributed by atoms with Gasteiger partial charge in [-0.3, -0.25) is 0 Å². The average Bonchev–Trinajstić information content (AvgIpc) is 2.04. The van der Waals surface area contributed by atoms with E-state index < -0.39 is 11.8 Å². The Bertz CT molecular complexity index is 277. The number of benzene rings is 1. The van der Waals surface area contributed by atoms with E-state index in [1.807, 2.05) is 0 Å². The van der Waals surface area contributed by atoms with Crippen LogP contribution < -0.4 is 0 Å². The molecule has 1 aromatic rings. The molecule has 0 fully saturated rings. The first-order chi connectivity index (χ1) is 5.94. The van der Waals surface area contributed by atoms with Crippen LogP contribution in [0.3, 0.4) is 0 Å². The number of hydrogen-bond donors (Lipinski definition) is 1. The van der Waals surface area contributed by atoms with Crippen LogP contribution in [0, 0.1) is 5.92 Å². The molecule has 3 heteroatoms. The number of aromatic hydroxyl groups is 1. The first-order valence-electron chi connectivity index (χ1n) is 4.12.